The van der Waals surface area contributed by atoms with Gasteiger partial charge in [-0.1, -0.05) is 0 Å². The fourth-order valence-corrected chi connectivity index (χ4v) is 2.91. The van der Waals surface area contributed by atoms with E-state index in [9.17, 15) is 9.18 Å². The molecule has 1 saturated heterocycles. The molecule has 1 fully saturated rings. The lowest BCUT2D eigenvalue weighted by atomic mass is 10.1. The predicted molar refractivity (Wildman–Crippen MR) is 63.7 cm³/mol. The number of carbonyl (C=O) groups is 1. The normalized spacial score (nSPS) is 16.2. The summed E-state index contributed by atoms with van der Waals surface area (Å²) in [7, 11) is 0. The van der Waals surface area contributed by atoms with Crippen molar-refractivity contribution in [2.45, 2.75) is 6.10 Å². The van der Waals surface area contributed by atoms with Crippen molar-refractivity contribution in [3.8, 4) is 0 Å². The topological polar surface area (TPSA) is 40.5 Å². The molecule has 0 spiro atoms. The van der Waals surface area contributed by atoms with Gasteiger partial charge in [-0.15, -0.1) is 11.3 Å². The Morgan fingerprint density at radius 3 is 2.88 bits per heavy atom. The van der Waals surface area contributed by atoms with Crippen molar-refractivity contribution in [2.75, 3.05) is 13.1 Å². The van der Waals surface area contributed by atoms with Crippen LogP contribution in [0.5, 0.6) is 0 Å². The quantitative estimate of drug-likeness (QED) is 0.840. The highest BCUT2D eigenvalue weighted by Gasteiger charge is 2.30. The first-order valence-corrected chi connectivity index (χ1v) is 6.11. The SMILES string of the molecule is O=C(c1cc2cc(F)ccc2s1)N1CC(O)C1. The molecule has 0 bridgehead atoms. The van der Waals surface area contributed by atoms with E-state index in [1.54, 1.807) is 17.0 Å². The van der Waals surface area contributed by atoms with E-state index < -0.39 is 6.10 Å². The summed E-state index contributed by atoms with van der Waals surface area (Å²) >= 11 is 1.35. The zero-order chi connectivity index (χ0) is 12.0. The predicted octanol–water partition coefficient (Wildman–Crippen LogP) is 1.86. The summed E-state index contributed by atoms with van der Waals surface area (Å²) in [6.07, 6.45) is -0.397. The number of aliphatic hydroxyl groups is 1. The maximum absolute atomic E-state index is 13.0. The van der Waals surface area contributed by atoms with E-state index in [4.69, 9.17) is 5.11 Å². The summed E-state index contributed by atoms with van der Waals surface area (Å²) < 4.78 is 13.9. The zero-order valence-corrected chi connectivity index (χ0v) is 9.71. The van der Waals surface area contributed by atoms with Crippen LogP contribution in [-0.2, 0) is 0 Å². The fraction of sp³-hybridized carbons (Fsp3) is 0.250. The second-order valence-electron chi connectivity index (χ2n) is 4.16. The summed E-state index contributed by atoms with van der Waals surface area (Å²) in [6, 6.07) is 6.20. The maximum atomic E-state index is 13.0. The second-order valence-corrected chi connectivity index (χ2v) is 5.24. The second kappa shape index (κ2) is 3.78. The van der Waals surface area contributed by atoms with Crippen molar-refractivity contribution in [3.63, 3.8) is 0 Å². The van der Waals surface area contributed by atoms with Crippen molar-refractivity contribution < 1.29 is 14.3 Å². The summed E-state index contributed by atoms with van der Waals surface area (Å²) in [6.45, 7) is 0.781. The summed E-state index contributed by atoms with van der Waals surface area (Å²) in [5, 5.41) is 9.90. The van der Waals surface area contributed by atoms with E-state index >= 15 is 0 Å². The molecule has 1 aliphatic rings. The first-order valence-electron chi connectivity index (χ1n) is 5.30. The number of thiophene rings is 1. The molecule has 1 aliphatic heterocycles. The third kappa shape index (κ3) is 1.81. The van der Waals surface area contributed by atoms with E-state index in [0.717, 1.165) is 10.1 Å². The highest BCUT2D eigenvalue weighted by molar-refractivity contribution is 7.20. The van der Waals surface area contributed by atoms with Crippen LogP contribution in [0.4, 0.5) is 4.39 Å². The van der Waals surface area contributed by atoms with Crippen molar-refractivity contribution in [2.24, 2.45) is 0 Å². The molecule has 1 amide bonds. The van der Waals surface area contributed by atoms with Crippen LogP contribution in [0.1, 0.15) is 9.67 Å². The average Bonchev–Trinajstić information content (AvgIpc) is 2.66. The first-order chi connectivity index (χ1) is 8.13. The van der Waals surface area contributed by atoms with Gasteiger partial charge in [0.2, 0.25) is 0 Å². The van der Waals surface area contributed by atoms with E-state index in [0.29, 0.717) is 18.0 Å². The molecule has 88 valence electrons. The molecule has 1 aromatic carbocycles. The van der Waals surface area contributed by atoms with Crippen molar-refractivity contribution in [1.29, 1.82) is 0 Å². The molecular weight excluding hydrogens is 241 g/mol. The van der Waals surface area contributed by atoms with Crippen LogP contribution in [0.25, 0.3) is 10.1 Å². The molecule has 0 unspecified atom stereocenters. The van der Waals surface area contributed by atoms with Crippen LogP contribution in [0.2, 0.25) is 0 Å². The lowest BCUT2D eigenvalue weighted by Gasteiger charge is -2.35. The number of hydrogen-bond donors (Lipinski definition) is 1. The molecule has 1 aromatic heterocycles. The number of rotatable bonds is 1. The monoisotopic (exact) mass is 251 g/mol. The van der Waals surface area contributed by atoms with Crippen molar-refractivity contribution >= 4 is 27.3 Å². The van der Waals surface area contributed by atoms with Crippen LogP contribution < -0.4 is 0 Å². The van der Waals surface area contributed by atoms with Gasteiger partial charge in [-0.3, -0.25) is 4.79 Å². The number of β-amino-alcohol motifs (C(OH)–C–C–N with tert-alkyl or cyclic N) is 1. The molecule has 0 saturated carbocycles. The van der Waals surface area contributed by atoms with Gasteiger partial charge in [-0.25, -0.2) is 4.39 Å². The standard InChI is InChI=1S/C12H10FNO2S/c13-8-1-2-10-7(3-8)4-11(17-10)12(16)14-5-9(15)6-14/h1-4,9,15H,5-6H2. The molecule has 0 aliphatic carbocycles. The number of halogens is 1. The number of benzene rings is 1. The van der Waals surface area contributed by atoms with Crippen LogP contribution in [0.15, 0.2) is 24.3 Å². The largest absolute Gasteiger partial charge is 0.389 e. The van der Waals surface area contributed by atoms with Gasteiger partial charge < -0.3 is 10.0 Å². The Balaban J connectivity index is 1.93. The van der Waals surface area contributed by atoms with E-state index in [2.05, 4.69) is 0 Å². The molecule has 3 nitrogen and oxygen atoms in total. The van der Waals surface area contributed by atoms with Crippen molar-refractivity contribution in [1.82, 2.24) is 4.90 Å². The Hall–Kier alpha value is -1.46. The lowest BCUT2D eigenvalue weighted by molar-refractivity contribution is 0.00623. The first kappa shape index (κ1) is 10.7. The summed E-state index contributed by atoms with van der Waals surface area (Å²) in [5.41, 5.74) is 0. The minimum Gasteiger partial charge on any atom is -0.389 e. The molecule has 1 N–H and O–H groups in total. The summed E-state index contributed by atoms with van der Waals surface area (Å²) in [4.78, 5) is 14.1. The van der Waals surface area contributed by atoms with Gasteiger partial charge in [-0.2, -0.15) is 0 Å². The van der Waals surface area contributed by atoms with E-state index in [-0.39, 0.29) is 11.7 Å². The Kier molecular flexibility index (Phi) is 2.38. The van der Waals surface area contributed by atoms with Crippen LogP contribution >= 0.6 is 11.3 Å². The van der Waals surface area contributed by atoms with Crippen molar-refractivity contribution in [3.05, 3.63) is 35.0 Å². The maximum Gasteiger partial charge on any atom is 0.264 e. The number of likely N-dealkylation sites (tertiary alicyclic amines) is 1. The number of aliphatic hydroxyl groups excluding tert-OH is 1. The smallest absolute Gasteiger partial charge is 0.264 e. The van der Waals surface area contributed by atoms with Gasteiger partial charge in [0.15, 0.2) is 0 Å². The molecule has 17 heavy (non-hydrogen) atoms. The molecule has 5 heteroatoms. The lowest BCUT2D eigenvalue weighted by Crippen LogP contribution is -2.53. The van der Waals surface area contributed by atoms with Gasteiger partial charge >= 0.3 is 0 Å². The van der Waals surface area contributed by atoms with E-state index in [1.807, 2.05) is 0 Å². The number of fused-ring (bicyclic) bond motifs is 1. The minimum absolute atomic E-state index is 0.0862. The van der Waals surface area contributed by atoms with Gasteiger partial charge in [0.05, 0.1) is 11.0 Å². The fourth-order valence-electron chi connectivity index (χ4n) is 1.90. The number of amides is 1. The van der Waals surface area contributed by atoms with Gasteiger partial charge in [0.25, 0.3) is 5.91 Å². The highest BCUT2D eigenvalue weighted by atomic mass is 32.1. The Morgan fingerprint density at radius 1 is 1.41 bits per heavy atom. The van der Waals surface area contributed by atoms with Gasteiger partial charge in [0, 0.05) is 17.8 Å². The number of carbonyl (C=O) groups excluding carboxylic acids is 1. The Bertz CT molecular complexity index is 589. The Labute approximate surface area is 101 Å². The molecule has 0 radical (unpaired) electrons. The molecule has 3 rings (SSSR count). The minimum atomic E-state index is -0.397. The van der Waals surface area contributed by atoms with Gasteiger partial charge in [0.1, 0.15) is 5.82 Å². The van der Waals surface area contributed by atoms with Crippen LogP contribution in [-0.4, -0.2) is 35.1 Å². The zero-order valence-electron chi connectivity index (χ0n) is 8.89. The third-order valence-corrected chi connectivity index (χ3v) is 3.94. The number of hydrogen-bond acceptors (Lipinski definition) is 3. The third-order valence-electron chi connectivity index (χ3n) is 2.84. The van der Waals surface area contributed by atoms with Crippen LogP contribution in [0, 0.1) is 5.82 Å². The highest BCUT2D eigenvalue weighted by Crippen LogP contribution is 2.28. The number of nitrogens with zero attached hydrogens (tertiary/aromatic N) is 1. The summed E-state index contributed by atoms with van der Waals surface area (Å²) in [5.74, 6) is -0.384. The van der Waals surface area contributed by atoms with E-state index in [1.165, 1.54) is 23.5 Å². The average molecular weight is 251 g/mol. The van der Waals surface area contributed by atoms with Crippen LogP contribution in [0.3, 0.4) is 0 Å². The Morgan fingerprint density at radius 2 is 2.18 bits per heavy atom. The molecule has 2 heterocycles. The van der Waals surface area contributed by atoms with Gasteiger partial charge in [-0.05, 0) is 29.7 Å². The molecule has 2 aromatic rings. The molecule has 0 atom stereocenters. The molecular formula is C12H10FNO2S.